The number of rotatable bonds is 44. The second-order valence-corrected chi connectivity index (χ2v) is 17.0. The third-order valence-corrected chi connectivity index (χ3v) is 11.0. The molecule has 0 rings (SSSR count). The summed E-state index contributed by atoms with van der Waals surface area (Å²) in [6.45, 7) is 3.91. The SMILES string of the molecule is CCCCCCCC/C=C\CCCCCCCCCC(=O)O[C@H](COCCCCCCCCCCCCCCCCCC)COP(=O)(O)OC[C@H](N)C(=O)O. The van der Waals surface area contributed by atoms with Gasteiger partial charge in [-0.15, -0.1) is 0 Å². The molecule has 0 saturated carbocycles. The van der Waals surface area contributed by atoms with Gasteiger partial charge in [-0.2, -0.15) is 0 Å². The molecule has 11 heteroatoms. The van der Waals surface area contributed by atoms with E-state index in [9.17, 15) is 19.0 Å². The molecule has 0 saturated heterocycles. The van der Waals surface area contributed by atoms with Crippen LogP contribution in [0.5, 0.6) is 0 Å². The normalized spacial score (nSPS) is 14.0. The van der Waals surface area contributed by atoms with Crippen LogP contribution < -0.4 is 5.73 Å². The summed E-state index contributed by atoms with van der Waals surface area (Å²) in [5.41, 5.74) is 5.36. The van der Waals surface area contributed by atoms with Gasteiger partial charge in [0.1, 0.15) is 12.1 Å². The summed E-state index contributed by atoms with van der Waals surface area (Å²) in [5, 5.41) is 8.90. The summed E-state index contributed by atoms with van der Waals surface area (Å²) in [4.78, 5) is 33.5. The lowest BCUT2D eigenvalue weighted by molar-refractivity contribution is -0.154. The fourth-order valence-corrected chi connectivity index (χ4v) is 7.26. The predicted octanol–water partition coefficient (Wildman–Crippen LogP) is 12.5. The molecule has 1 unspecified atom stereocenters. The van der Waals surface area contributed by atoms with Gasteiger partial charge in [-0.25, -0.2) is 4.57 Å². The first-order valence-corrected chi connectivity index (χ1v) is 24.2. The number of carbonyl (C=O) groups excluding carboxylic acids is 1. The Balaban J connectivity index is 4.19. The standard InChI is InChI=1S/C44H86NO9P/c1-3-5-7-9-11-13-15-17-19-21-22-24-26-28-30-32-34-36-43(46)54-41(39-52-55(49,50)53-40-42(45)44(47)48)38-51-37-35-33-31-29-27-25-23-20-18-16-14-12-10-8-6-4-2/h17,19,41-42H,3-16,18,20-40,45H2,1-2H3,(H,47,48)(H,49,50)/b19-17-/t41-,42+/m1/s1. The van der Waals surface area contributed by atoms with E-state index in [-0.39, 0.29) is 13.0 Å². The molecular weight excluding hydrogens is 717 g/mol. The molecule has 0 aromatic heterocycles. The second kappa shape index (κ2) is 40.9. The van der Waals surface area contributed by atoms with Gasteiger partial charge in [-0.05, 0) is 38.5 Å². The molecule has 0 aliphatic heterocycles. The van der Waals surface area contributed by atoms with Gasteiger partial charge in [0.2, 0.25) is 0 Å². The molecule has 10 nitrogen and oxygen atoms in total. The van der Waals surface area contributed by atoms with Gasteiger partial charge >= 0.3 is 19.8 Å². The highest BCUT2D eigenvalue weighted by molar-refractivity contribution is 7.47. The third-order valence-electron chi connectivity index (χ3n) is 10.0. The van der Waals surface area contributed by atoms with Crippen molar-refractivity contribution in [3.8, 4) is 0 Å². The topological polar surface area (TPSA) is 155 Å². The van der Waals surface area contributed by atoms with Gasteiger partial charge in [0.15, 0.2) is 0 Å². The molecule has 0 aliphatic rings. The minimum atomic E-state index is -4.61. The number of carboxylic acid groups (broad SMARTS) is 1. The summed E-state index contributed by atoms with van der Waals surface area (Å²) in [6, 6.07) is -1.47. The van der Waals surface area contributed by atoms with Crippen LogP contribution in [0.4, 0.5) is 0 Å². The van der Waals surface area contributed by atoms with Gasteiger partial charge < -0.3 is 25.2 Å². The van der Waals surface area contributed by atoms with Crippen LogP contribution in [-0.2, 0) is 32.7 Å². The van der Waals surface area contributed by atoms with Crippen molar-refractivity contribution in [1.82, 2.24) is 0 Å². The van der Waals surface area contributed by atoms with Crippen molar-refractivity contribution >= 4 is 19.8 Å². The fourth-order valence-electron chi connectivity index (χ4n) is 6.48. The molecule has 3 atom stereocenters. The number of carboxylic acids is 1. The molecule has 0 aliphatic carbocycles. The van der Waals surface area contributed by atoms with E-state index in [1.165, 1.54) is 148 Å². The Morgan fingerprint density at radius 3 is 1.38 bits per heavy atom. The number of phosphoric ester groups is 1. The molecule has 0 amide bonds. The second-order valence-electron chi connectivity index (χ2n) is 15.5. The van der Waals surface area contributed by atoms with Crippen molar-refractivity contribution in [2.45, 2.75) is 231 Å². The zero-order chi connectivity index (χ0) is 40.5. The van der Waals surface area contributed by atoms with E-state index in [0.717, 1.165) is 44.9 Å². The Bertz CT molecular complexity index is 935. The van der Waals surface area contributed by atoms with E-state index in [1.54, 1.807) is 0 Å². The van der Waals surface area contributed by atoms with Crippen molar-refractivity contribution in [2.75, 3.05) is 26.4 Å². The Morgan fingerprint density at radius 2 is 0.945 bits per heavy atom. The van der Waals surface area contributed by atoms with Gasteiger partial charge in [0.25, 0.3) is 0 Å². The first-order valence-electron chi connectivity index (χ1n) is 22.7. The zero-order valence-corrected chi connectivity index (χ0v) is 36.4. The molecule has 0 fully saturated rings. The number of hydrogen-bond acceptors (Lipinski definition) is 8. The summed E-state index contributed by atoms with van der Waals surface area (Å²) in [6.07, 6.45) is 42.6. The van der Waals surface area contributed by atoms with Crippen LogP contribution in [-0.4, -0.2) is 60.5 Å². The molecular formula is C44H86NO9P. The monoisotopic (exact) mass is 804 g/mol. The molecule has 0 aromatic rings. The number of allylic oxidation sites excluding steroid dienone is 2. The Labute approximate surface area is 337 Å². The summed E-state index contributed by atoms with van der Waals surface area (Å²) in [5.74, 6) is -1.77. The lowest BCUT2D eigenvalue weighted by atomic mass is 10.0. The summed E-state index contributed by atoms with van der Waals surface area (Å²) in [7, 11) is -4.61. The number of carbonyl (C=O) groups is 2. The van der Waals surface area contributed by atoms with Crippen LogP contribution >= 0.6 is 7.82 Å². The van der Waals surface area contributed by atoms with E-state index >= 15 is 0 Å². The molecule has 326 valence electrons. The Kier molecular flexibility index (Phi) is 39.9. The highest BCUT2D eigenvalue weighted by Crippen LogP contribution is 2.43. The fraction of sp³-hybridized carbons (Fsp3) is 0.909. The summed E-state index contributed by atoms with van der Waals surface area (Å²) >= 11 is 0. The molecule has 4 N–H and O–H groups in total. The van der Waals surface area contributed by atoms with Crippen molar-refractivity contribution in [1.29, 1.82) is 0 Å². The number of phosphoric acid groups is 1. The molecule has 0 radical (unpaired) electrons. The van der Waals surface area contributed by atoms with Crippen molar-refractivity contribution in [3.05, 3.63) is 12.2 Å². The van der Waals surface area contributed by atoms with Crippen LogP contribution in [0.1, 0.15) is 219 Å². The quantitative estimate of drug-likeness (QED) is 0.0235. The molecule has 55 heavy (non-hydrogen) atoms. The van der Waals surface area contributed by atoms with E-state index in [1.807, 2.05) is 0 Å². The van der Waals surface area contributed by atoms with E-state index in [4.69, 9.17) is 29.4 Å². The van der Waals surface area contributed by atoms with Gasteiger partial charge in [0.05, 0.1) is 19.8 Å². The first kappa shape index (κ1) is 53.7. The highest BCUT2D eigenvalue weighted by atomic mass is 31.2. The first-order chi connectivity index (χ1) is 26.7. The smallest absolute Gasteiger partial charge is 0.472 e. The molecule has 0 bridgehead atoms. The average Bonchev–Trinajstić information content (AvgIpc) is 3.16. The van der Waals surface area contributed by atoms with Crippen molar-refractivity contribution in [2.24, 2.45) is 5.73 Å². The number of aliphatic carboxylic acids is 1. The zero-order valence-electron chi connectivity index (χ0n) is 35.5. The van der Waals surface area contributed by atoms with E-state index < -0.39 is 45.1 Å². The highest BCUT2D eigenvalue weighted by Gasteiger charge is 2.27. The lowest BCUT2D eigenvalue weighted by Gasteiger charge is -2.20. The van der Waals surface area contributed by atoms with E-state index in [0.29, 0.717) is 13.0 Å². The average molecular weight is 804 g/mol. The van der Waals surface area contributed by atoms with Crippen LogP contribution in [0.15, 0.2) is 12.2 Å². The number of nitrogens with two attached hydrogens (primary N) is 1. The maximum atomic E-state index is 12.6. The summed E-state index contributed by atoms with van der Waals surface area (Å²) < 4.78 is 33.4. The number of ether oxygens (including phenoxy) is 2. The van der Waals surface area contributed by atoms with Crippen LogP contribution in [0.3, 0.4) is 0 Å². The Morgan fingerprint density at radius 1 is 0.564 bits per heavy atom. The van der Waals surface area contributed by atoms with Gasteiger partial charge in [-0.3, -0.25) is 18.6 Å². The maximum absolute atomic E-state index is 12.6. The van der Waals surface area contributed by atoms with Gasteiger partial charge in [-0.1, -0.05) is 187 Å². The molecule has 0 spiro atoms. The Hall–Kier alpha value is -1.29. The minimum Gasteiger partial charge on any atom is -0.480 e. The van der Waals surface area contributed by atoms with Crippen molar-refractivity contribution < 1.29 is 42.7 Å². The van der Waals surface area contributed by atoms with Crippen LogP contribution in [0.2, 0.25) is 0 Å². The number of esters is 1. The molecule has 0 aromatic carbocycles. The van der Waals surface area contributed by atoms with Gasteiger partial charge in [0, 0.05) is 13.0 Å². The largest absolute Gasteiger partial charge is 0.480 e. The van der Waals surface area contributed by atoms with Crippen LogP contribution in [0.25, 0.3) is 0 Å². The lowest BCUT2D eigenvalue weighted by Crippen LogP contribution is -2.34. The minimum absolute atomic E-state index is 0.0212. The number of hydrogen-bond donors (Lipinski definition) is 3. The third kappa shape index (κ3) is 40.7. The maximum Gasteiger partial charge on any atom is 0.472 e. The van der Waals surface area contributed by atoms with E-state index in [2.05, 4.69) is 26.0 Å². The number of unbranched alkanes of at least 4 members (excludes halogenated alkanes) is 28. The van der Waals surface area contributed by atoms with Crippen molar-refractivity contribution in [3.63, 3.8) is 0 Å². The predicted molar refractivity (Wildman–Crippen MR) is 226 cm³/mol. The molecule has 0 heterocycles. The van der Waals surface area contributed by atoms with Crippen LogP contribution in [0, 0.1) is 0 Å².